The van der Waals surface area contributed by atoms with Crippen molar-refractivity contribution < 1.29 is 4.74 Å². The largest absolute Gasteiger partial charge is 0.497 e. The molecule has 0 heterocycles. The van der Waals surface area contributed by atoms with Gasteiger partial charge in [-0.1, -0.05) is 32.9 Å². The minimum absolute atomic E-state index is 0.362. The van der Waals surface area contributed by atoms with Crippen molar-refractivity contribution in [2.75, 3.05) is 7.11 Å². The van der Waals surface area contributed by atoms with E-state index in [1.54, 1.807) is 7.11 Å². The van der Waals surface area contributed by atoms with Gasteiger partial charge in [-0.05, 0) is 60.6 Å². The number of methoxy groups -OCH3 is 1. The van der Waals surface area contributed by atoms with E-state index >= 15 is 0 Å². The van der Waals surface area contributed by atoms with Crippen molar-refractivity contribution in [2.24, 2.45) is 16.7 Å². The Labute approximate surface area is 129 Å². The summed E-state index contributed by atoms with van der Waals surface area (Å²) >= 11 is 0. The van der Waals surface area contributed by atoms with E-state index in [2.05, 4.69) is 51.2 Å². The van der Waals surface area contributed by atoms with E-state index < -0.39 is 0 Å². The van der Waals surface area contributed by atoms with Crippen LogP contribution in [-0.4, -0.2) is 13.2 Å². The molecule has 21 heavy (non-hydrogen) atoms. The zero-order valence-electron chi connectivity index (χ0n) is 14.1. The van der Waals surface area contributed by atoms with E-state index in [0.717, 1.165) is 11.7 Å². The lowest BCUT2D eigenvalue weighted by Crippen LogP contribution is -2.50. The maximum Gasteiger partial charge on any atom is 0.119 e. The number of benzene rings is 1. The highest BCUT2D eigenvalue weighted by molar-refractivity contribution is 5.30. The number of rotatable bonds is 4. The van der Waals surface area contributed by atoms with Crippen molar-refractivity contribution in [1.82, 2.24) is 5.32 Å². The minimum atomic E-state index is 0.362. The van der Waals surface area contributed by atoms with Gasteiger partial charge < -0.3 is 10.1 Å². The zero-order chi connectivity index (χ0) is 15.3. The van der Waals surface area contributed by atoms with Crippen LogP contribution in [0.2, 0.25) is 0 Å². The van der Waals surface area contributed by atoms with Crippen LogP contribution in [0.15, 0.2) is 24.3 Å². The Balaban J connectivity index is 1.79. The molecule has 1 aromatic rings. The van der Waals surface area contributed by atoms with Gasteiger partial charge >= 0.3 is 0 Å². The van der Waals surface area contributed by atoms with Gasteiger partial charge in [0.15, 0.2) is 0 Å². The van der Waals surface area contributed by atoms with E-state index in [-0.39, 0.29) is 0 Å². The van der Waals surface area contributed by atoms with Crippen LogP contribution >= 0.6 is 0 Å². The smallest absolute Gasteiger partial charge is 0.119 e. The van der Waals surface area contributed by atoms with E-state index in [4.69, 9.17) is 4.74 Å². The van der Waals surface area contributed by atoms with E-state index in [9.17, 15) is 0 Å². The number of fused-ring (bicyclic) bond motifs is 2. The van der Waals surface area contributed by atoms with Crippen LogP contribution in [0, 0.1) is 16.7 Å². The summed E-state index contributed by atoms with van der Waals surface area (Å²) in [5, 5.41) is 3.95. The molecule has 0 amide bonds. The van der Waals surface area contributed by atoms with Crippen molar-refractivity contribution in [3.8, 4) is 5.75 Å². The molecule has 0 saturated heterocycles. The molecule has 0 aromatic heterocycles. The molecule has 116 valence electrons. The maximum atomic E-state index is 5.36. The standard InChI is InChI=1S/C19H29NO/c1-13(14-7-6-8-16(11-14)21-5)20-17-18(2,3)15-9-10-19(17,4)12-15/h6-8,11,13,15,17,20H,9-10,12H2,1-5H3/t13-,15?,17?,19?/m1/s1. The molecule has 3 unspecified atom stereocenters. The van der Waals surface area contributed by atoms with Crippen LogP contribution < -0.4 is 10.1 Å². The molecule has 2 saturated carbocycles. The first-order valence-corrected chi connectivity index (χ1v) is 8.27. The lowest BCUT2D eigenvalue weighted by molar-refractivity contribution is 0.100. The van der Waals surface area contributed by atoms with Crippen molar-refractivity contribution in [3.63, 3.8) is 0 Å². The van der Waals surface area contributed by atoms with E-state index in [0.29, 0.717) is 22.9 Å². The summed E-state index contributed by atoms with van der Waals surface area (Å²) in [5.41, 5.74) is 2.19. The first-order valence-electron chi connectivity index (χ1n) is 8.27. The fourth-order valence-corrected chi connectivity index (χ4v) is 4.98. The van der Waals surface area contributed by atoms with Crippen LogP contribution in [0.3, 0.4) is 0 Å². The Morgan fingerprint density at radius 3 is 2.67 bits per heavy atom. The predicted octanol–water partition coefficient (Wildman–Crippen LogP) is 4.56. The average molecular weight is 287 g/mol. The molecule has 2 aliphatic carbocycles. The number of hydrogen-bond donors (Lipinski definition) is 1. The number of ether oxygens (including phenoxy) is 1. The van der Waals surface area contributed by atoms with Crippen molar-refractivity contribution in [2.45, 2.75) is 59.0 Å². The molecule has 2 nitrogen and oxygen atoms in total. The molecule has 2 heteroatoms. The van der Waals surface area contributed by atoms with Gasteiger partial charge in [-0.25, -0.2) is 0 Å². The van der Waals surface area contributed by atoms with E-state index in [1.165, 1.54) is 24.8 Å². The van der Waals surface area contributed by atoms with Gasteiger partial charge in [0.2, 0.25) is 0 Å². The van der Waals surface area contributed by atoms with Crippen molar-refractivity contribution in [3.05, 3.63) is 29.8 Å². The highest BCUT2D eigenvalue weighted by Crippen LogP contribution is 2.62. The van der Waals surface area contributed by atoms with Gasteiger partial charge in [-0.15, -0.1) is 0 Å². The Hall–Kier alpha value is -1.02. The monoisotopic (exact) mass is 287 g/mol. The fourth-order valence-electron chi connectivity index (χ4n) is 4.98. The van der Waals surface area contributed by atoms with Crippen LogP contribution in [0.5, 0.6) is 5.75 Å². The molecule has 3 rings (SSSR count). The van der Waals surface area contributed by atoms with Crippen LogP contribution in [0.1, 0.15) is 58.6 Å². The summed E-state index contributed by atoms with van der Waals surface area (Å²) < 4.78 is 5.36. The van der Waals surface area contributed by atoms with E-state index in [1.807, 2.05) is 6.07 Å². The predicted molar refractivity (Wildman–Crippen MR) is 87.6 cm³/mol. The second kappa shape index (κ2) is 5.01. The normalized spacial score (nSPS) is 34.9. The first-order chi connectivity index (χ1) is 9.87. The average Bonchev–Trinajstić information content (AvgIpc) is 2.94. The minimum Gasteiger partial charge on any atom is -0.497 e. The van der Waals surface area contributed by atoms with Gasteiger partial charge in [0, 0.05) is 12.1 Å². The van der Waals surface area contributed by atoms with Gasteiger partial charge in [-0.3, -0.25) is 0 Å². The molecule has 4 atom stereocenters. The third kappa shape index (κ3) is 2.38. The molecule has 2 aliphatic rings. The SMILES string of the molecule is COc1cccc([C@@H](C)NC2C3(C)CCC(C3)C2(C)C)c1. The molecule has 2 bridgehead atoms. The summed E-state index contributed by atoms with van der Waals surface area (Å²) in [6, 6.07) is 9.41. The van der Waals surface area contributed by atoms with Gasteiger partial charge in [-0.2, -0.15) is 0 Å². The van der Waals surface area contributed by atoms with Crippen LogP contribution in [0.25, 0.3) is 0 Å². The Morgan fingerprint density at radius 2 is 2.05 bits per heavy atom. The molecular formula is C19H29NO. The summed E-state index contributed by atoms with van der Waals surface area (Å²) in [4.78, 5) is 0. The fraction of sp³-hybridized carbons (Fsp3) is 0.684. The lowest BCUT2D eigenvalue weighted by atomic mass is 9.68. The first kappa shape index (κ1) is 14.9. The number of hydrogen-bond acceptors (Lipinski definition) is 2. The zero-order valence-corrected chi connectivity index (χ0v) is 14.1. The summed E-state index contributed by atoms with van der Waals surface area (Å²) in [6.07, 6.45) is 4.18. The third-order valence-corrected chi connectivity index (χ3v) is 6.28. The Morgan fingerprint density at radius 1 is 1.29 bits per heavy atom. The second-order valence-electron chi connectivity index (χ2n) is 8.01. The highest BCUT2D eigenvalue weighted by atomic mass is 16.5. The Kier molecular flexibility index (Phi) is 3.56. The molecule has 1 aromatic carbocycles. The third-order valence-electron chi connectivity index (χ3n) is 6.28. The summed E-state index contributed by atoms with van der Waals surface area (Å²) in [7, 11) is 1.73. The topological polar surface area (TPSA) is 21.3 Å². The van der Waals surface area contributed by atoms with Crippen molar-refractivity contribution in [1.29, 1.82) is 0 Å². The molecule has 1 N–H and O–H groups in total. The van der Waals surface area contributed by atoms with Gasteiger partial charge in [0.1, 0.15) is 5.75 Å². The highest BCUT2D eigenvalue weighted by Gasteiger charge is 2.59. The quantitative estimate of drug-likeness (QED) is 0.876. The van der Waals surface area contributed by atoms with Crippen molar-refractivity contribution >= 4 is 0 Å². The maximum absolute atomic E-state index is 5.36. The molecule has 0 aliphatic heterocycles. The second-order valence-corrected chi connectivity index (χ2v) is 8.01. The van der Waals surface area contributed by atoms with Crippen LogP contribution in [-0.2, 0) is 0 Å². The molecule has 0 radical (unpaired) electrons. The number of nitrogens with one attached hydrogen (secondary N) is 1. The summed E-state index contributed by atoms with van der Waals surface area (Å²) in [5.74, 6) is 1.83. The van der Waals surface area contributed by atoms with Crippen LogP contribution in [0.4, 0.5) is 0 Å². The molecule has 2 fully saturated rings. The summed E-state index contributed by atoms with van der Waals surface area (Å²) in [6.45, 7) is 9.67. The Bertz CT molecular complexity index is 519. The molecule has 0 spiro atoms. The lowest BCUT2D eigenvalue weighted by Gasteiger charge is -2.44. The van der Waals surface area contributed by atoms with Gasteiger partial charge in [0.25, 0.3) is 0 Å². The molecular weight excluding hydrogens is 258 g/mol. The van der Waals surface area contributed by atoms with Gasteiger partial charge in [0.05, 0.1) is 7.11 Å².